The summed E-state index contributed by atoms with van der Waals surface area (Å²) in [6.07, 6.45) is 0. The number of hydrogen-bond acceptors (Lipinski definition) is 6. The number of nitrogens with one attached hydrogen (secondary N) is 1. The number of rotatable bonds is 6. The number of sulfonamides is 1. The molecule has 2 saturated heterocycles. The third-order valence-electron chi connectivity index (χ3n) is 6.09. The summed E-state index contributed by atoms with van der Waals surface area (Å²) in [7, 11) is -3.54. The van der Waals surface area contributed by atoms with Crippen molar-refractivity contribution in [3.05, 3.63) is 54.6 Å². The summed E-state index contributed by atoms with van der Waals surface area (Å²) in [5.74, 6) is -0.0954. The number of piperazine rings is 1. The van der Waals surface area contributed by atoms with E-state index in [2.05, 4.69) is 27.2 Å². The zero-order chi connectivity index (χ0) is 22.6. The van der Waals surface area contributed by atoms with Gasteiger partial charge in [0.25, 0.3) is 0 Å². The van der Waals surface area contributed by atoms with Gasteiger partial charge in [-0.1, -0.05) is 18.2 Å². The molecule has 1 amide bonds. The first-order valence-electron chi connectivity index (χ1n) is 11.0. The van der Waals surface area contributed by atoms with E-state index in [0.29, 0.717) is 32.0 Å². The molecule has 2 aliphatic rings. The van der Waals surface area contributed by atoms with Crippen LogP contribution in [0.3, 0.4) is 0 Å². The number of para-hydroxylation sites is 1. The van der Waals surface area contributed by atoms with Gasteiger partial charge in [0.05, 0.1) is 24.2 Å². The highest BCUT2D eigenvalue weighted by Gasteiger charge is 2.27. The largest absolute Gasteiger partial charge is 0.379 e. The molecule has 9 heteroatoms. The van der Waals surface area contributed by atoms with Crippen LogP contribution in [-0.2, 0) is 19.6 Å². The second-order valence-electron chi connectivity index (χ2n) is 8.06. The van der Waals surface area contributed by atoms with Gasteiger partial charge in [-0.3, -0.25) is 9.69 Å². The fraction of sp³-hybridized carbons (Fsp3) is 0.435. The second-order valence-corrected chi connectivity index (χ2v) is 10.0. The van der Waals surface area contributed by atoms with Gasteiger partial charge in [0.15, 0.2) is 0 Å². The summed E-state index contributed by atoms with van der Waals surface area (Å²) in [4.78, 5) is 17.5. The Hall–Kier alpha value is -2.46. The van der Waals surface area contributed by atoms with Crippen molar-refractivity contribution in [3.63, 3.8) is 0 Å². The summed E-state index contributed by atoms with van der Waals surface area (Å²) < 4.78 is 32.1. The Kier molecular flexibility index (Phi) is 7.10. The smallest absolute Gasteiger partial charge is 0.243 e. The van der Waals surface area contributed by atoms with Crippen molar-refractivity contribution in [2.45, 2.75) is 17.9 Å². The van der Waals surface area contributed by atoms with E-state index in [4.69, 9.17) is 4.74 Å². The van der Waals surface area contributed by atoms with Crippen molar-refractivity contribution in [1.82, 2.24) is 9.21 Å². The van der Waals surface area contributed by atoms with Crippen LogP contribution in [0.4, 0.5) is 11.4 Å². The van der Waals surface area contributed by atoms with Crippen LogP contribution in [0, 0.1) is 0 Å². The molecule has 0 spiro atoms. The van der Waals surface area contributed by atoms with Crippen molar-refractivity contribution in [1.29, 1.82) is 0 Å². The van der Waals surface area contributed by atoms with Gasteiger partial charge < -0.3 is 15.0 Å². The number of carbonyl (C=O) groups is 1. The monoisotopic (exact) mass is 458 g/mol. The van der Waals surface area contributed by atoms with Crippen LogP contribution in [0.25, 0.3) is 0 Å². The first kappa shape index (κ1) is 22.7. The predicted molar refractivity (Wildman–Crippen MR) is 124 cm³/mol. The third kappa shape index (κ3) is 5.12. The van der Waals surface area contributed by atoms with Gasteiger partial charge in [0, 0.05) is 50.6 Å². The van der Waals surface area contributed by atoms with Crippen LogP contribution < -0.4 is 10.2 Å². The number of carbonyl (C=O) groups excluding carboxylic acids is 1. The number of amides is 1. The lowest BCUT2D eigenvalue weighted by Gasteiger charge is -2.38. The average Bonchev–Trinajstić information content (AvgIpc) is 2.85. The van der Waals surface area contributed by atoms with Crippen molar-refractivity contribution >= 4 is 27.3 Å². The quantitative estimate of drug-likeness (QED) is 0.712. The molecule has 172 valence electrons. The van der Waals surface area contributed by atoms with Crippen LogP contribution >= 0.6 is 0 Å². The minimum Gasteiger partial charge on any atom is -0.379 e. The van der Waals surface area contributed by atoms with Crippen LogP contribution in [0.2, 0.25) is 0 Å². The summed E-state index contributed by atoms with van der Waals surface area (Å²) in [6.45, 7) is 6.79. The Bertz CT molecular complexity index is 1000. The maximum Gasteiger partial charge on any atom is 0.243 e. The van der Waals surface area contributed by atoms with Crippen molar-refractivity contribution < 1.29 is 17.9 Å². The van der Waals surface area contributed by atoms with Gasteiger partial charge in [-0.25, -0.2) is 8.42 Å². The van der Waals surface area contributed by atoms with Crippen LogP contribution in [0.1, 0.15) is 6.92 Å². The van der Waals surface area contributed by atoms with Gasteiger partial charge in [-0.2, -0.15) is 4.31 Å². The molecule has 1 atom stereocenters. The topological polar surface area (TPSA) is 82.2 Å². The van der Waals surface area contributed by atoms with Gasteiger partial charge >= 0.3 is 0 Å². The fourth-order valence-electron chi connectivity index (χ4n) is 4.07. The highest BCUT2D eigenvalue weighted by atomic mass is 32.2. The van der Waals surface area contributed by atoms with Crippen LogP contribution in [-0.4, -0.2) is 82.1 Å². The van der Waals surface area contributed by atoms with E-state index in [9.17, 15) is 13.2 Å². The standard InChI is InChI=1S/C23H30N4O4S/c1-19(25-11-13-26(14-12-25)21-5-3-2-4-6-21)23(28)24-20-7-9-22(10-8-20)32(29,30)27-15-17-31-18-16-27/h2-10,19H,11-18H2,1H3,(H,24,28)/t19-/m1/s1. The molecule has 2 aromatic rings. The number of ether oxygens (including phenoxy) is 1. The molecule has 0 unspecified atom stereocenters. The Morgan fingerprint density at radius 3 is 2.16 bits per heavy atom. The van der Waals surface area contributed by atoms with Gasteiger partial charge in [-0.15, -0.1) is 0 Å². The number of nitrogens with zero attached hydrogens (tertiary/aromatic N) is 3. The van der Waals surface area contributed by atoms with E-state index in [1.54, 1.807) is 24.3 Å². The van der Waals surface area contributed by atoms with E-state index in [1.807, 2.05) is 25.1 Å². The summed E-state index contributed by atoms with van der Waals surface area (Å²) in [6, 6.07) is 16.4. The van der Waals surface area contributed by atoms with E-state index in [1.165, 1.54) is 9.99 Å². The van der Waals surface area contributed by atoms with Crippen molar-refractivity contribution in [3.8, 4) is 0 Å². The third-order valence-corrected chi connectivity index (χ3v) is 8.01. The molecular formula is C23H30N4O4S. The number of benzene rings is 2. The van der Waals surface area contributed by atoms with E-state index in [0.717, 1.165) is 26.2 Å². The number of morpholine rings is 1. The highest BCUT2D eigenvalue weighted by molar-refractivity contribution is 7.89. The van der Waals surface area contributed by atoms with E-state index < -0.39 is 10.0 Å². The number of anilines is 2. The molecule has 2 aliphatic heterocycles. The lowest BCUT2D eigenvalue weighted by atomic mass is 10.2. The second kappa shape index (κ2) is 9.99. The first-order chi connectivity index (χ1) is 15.4. The molecular weight excluding hydrogens is 428 g/mol. The molecule has 2 aromatic carbocycles. The van der Waals surface area contributed by atoms with Crippen molar-refractivity contribution in [2.24, 2.45) is 0 Å². The predicted octanol–water partition coefficient (Wildman–Crippen LogP) is 1.86. The van der Waals surface area contributed by atoms with Crippen LogP contribution in [0.5, 0.6) is 0 Å². The molecule has 1 N–H and O–H groups in total. The molecule has 32 heavy (non-hydrogen) atoms. The number of hydrogen-bond donors (Lipinski definition) is 1. The Labute approximate surface area is 189 Å². The summed E-state index contributed by atoms with van der Waals surface area (Å²) in [5, 5.41) is 2.92. The summed E-state index contributed by atoms with van der Waals surface area (Å²) in [5.41, 5.74) is 1.79. The molecule has 0 saturated carbocycles. The maximum absolute atomic E-state index is 12.8. The lowest BCUT2D eigenvalue weighted by molar-refractivity contribution is -0.120. The van der Waals surface area contributed by atoms with E-state index in [-0.39, 0.29) is 16.8 Å². The molecule has 4 rings (SSSR count). The van der Waals surface area contributed by atoms with Gasteiger partial charge in [0.2, 0.25) is 15.9 Å². The summed E-state index contributed by atoms with van der Waals surface area (Å²) >= 11 is 0. The van der Waals surface area contributed by atoms with Gasteiger partial charge in [0.1, 0.15) is 0 Å². The molecule has 2 heterocycles. The zero-order valence-corrected chi connectivity index (χ0v) is 19.1. The molecule has 0 bridgehead atoms. The fourth-order valence-corrected chi connectivity index (χ4v) is 5.47. The highest BCUT2D eigenvalue weighted by Crippen LogP contribution is 2.20. The minimum absolute atomic E-state index is 0.0954. The normalized spacial score (nSPS) is 19.5. The lowest BCUT2D eigenvalue weighted by Crippen LogP contribution is -2.52. The minimum atomic E-state index is -3.54. The Balaban J connectivity index is 1.32. The van der Waals surface area contributed by atoms with Crippen LogP contribution in [0.15, 0.2) is 59.5 Å². The Morgan fingerprint density at radius 2 is 1.53 bits per heavy atom. The molecule has 0 aliphatic carbocycles. The Morgan fingerprint density at radius 1 is 0.906 bits per heavy atom. The zero-order valence-electron chi connectivity index (χ0n) is 18.3. The molecule has 8 nitrogen and oxygen atoms in total. The van der Waals surface area contributed by atoms with E-state index >= 15 is 0 Å². The first-order valence-corrected chi connectivity index (χ1v) is 12.4. The maximum atomic E-state index is 12.8. The SMILES string of the molecule is C[C@H](C(=O)Nc1ccc(S(=O)(=O)N2CCOCC2)cc1)N1CCN(c2ccccc2)CC1. The van der Waals surface area contributed by atoms with Gasteiger partial charge in [-0.05, 0) is 43.3 Å². The van der Waals surface area contributed by atoms with Crippen molar-refractivity contribution in [2.75, 3.05) is 62.7 Å². The molecule has 0 aromatic heterocycles. The average molecular weight is 459 g/mol. The molecule has 0 radical (unpaired) electrons. The molecule has 2 fully saturated rings.